The third-order valence-electron chi connectivity index (χ3n) is 3.27. The minimum Gasteiger partial charge on any atom is -0.493 e. The Morgan fingerprint density at radius 1 is 1.48 bits per heavy atom. The molecule has 3 rings (SSSR count). The number of carbonyl (C=O) groups is 1. The molecule has 0 saturated carbocycles. The van der Waals surface area contributed by atoms with Gasteiger partial charge in [0.05, 0.1) is 24.2 Å². The van der Waals surface area contributed by atoms with E-state index in [9.17, 15) is 9.59 Å². The lowest BCUT2D eigenvalue weighted by molar-refractivity contribution is 0.194. The van der Waals surface area contributed by atoms with E-state index in [4.69, 9.17) is 9.84 Å². The minimum absolute atomic E-state index is 0.0198. The van der Waals surface area contributed by atoms with E-state index in [2.05, 4.69) is 15.5 Å². The zero-order chi connectivity index (χ0) is 14.8. The molecule has 1 amide bonds. The van der Waals surface area contributed by atoms with Crippen molar-refractivity contribution >= 4 is 22.6 Å². The fourth-order valence-corrected chi connectivity index (χ4v) is 2.38. The lowest BCUT2D eigenvalue weighted by Crippen LogP contribution is -2.23. The summed E-state index contributed by atoms with van der Waals surface area (Å²) in [4.78, 5) is 22.7. The Bertz CT molecular complexity index is 794. The number of carboxylic acid groups (broad SMARTS) is 1. The number of amides is 1. The molecule has 1 aliphatic heterocycles. The van der Waals surface area contributed by atoms with Gasteiger partial charge < -0.3 is 15.2 Å². The molecule has 0 saturated heterocycles. The predicted octanol–water partition coefficient (Wildman–Crippen LogP) is 1.45. The maximum Gasteiger partial charge on any atom is 0.404 e. The van der Waals surface area contributed by atoms with Crippen molar-refractivity contribution in [2.75, 3.05) is 6.61 Å². The molecule has 0 aliphatic carbocycles. The first-order valence-electron chi connectivity index (χ1n) is 6.47. The van der Waals surface area contributed by atoms with E-state index in [1.807, 2.05) is 12.1 Å². The molecule has 0 atom stereocenters. The topological polar surface area (TPSA) is 104 Å². The fraction of sp³-hybridized carbons (Fsp3) is 0.214. The summed E-state index contributed by atoms with van der Waals surface area (Å²) in [6.07, 6.45) is 1.60. The highest BCUT2D eigenvalue weighted by Crippen LogP contribution is 2.27. The summed E-state index contributed by atoms with van der Waals surface area (Å²) in [5.74, 6) is 0.675. The Morgan fingerprint density at radius 3 is 3.05 bits per heavy atom. The van der Waals surface area contributed by atoms with Gasteiger partial charge in [0, 0.05) is 17.4 Å². The van der Waals surface area contributed by atoms with E-state index >= 15 is 0 Å². The molecule has 1 aliphatic rings. The molecule has 7 heteroatoms. The predicted molar refractivity (Wildman–Crippen MR) is 75.8 cm³/mol. The Morgan fingerprint density at radius 2 is 2.33 bits per heavy atom. The highest BCUT2D eigenvalue weighted by Gasteiger charge is 2.16. The molecule has 2 heterocycles. The van der Waals surface area contributed by atoms with E-state index in [1.165, 1.54) is 0 Å². The Labute approximate surface area is 119 Å². The van der Waals surface area contributed by atoms with Gasteiger partial charge in [0.25, 0.3) is 5.56 Å². The lowest BCUT2D eigenvalue weighted by atomic mass is 10.0. The van der Waals surface area contributed by atoms with E-state index in [0.717, 1.165) is 6.42 Å². The number of fused-ring (bicyclic) bond motifs is 1. The summed E-state index contributed by atoms with van der Waals surface area (Å²) in [6, 6.07) is 5.35. The van der Waals surface area contributed by atoms with Crippen molar-refractivity contribution < 1.29 is 14.6 Å². The number of ether oxygens (including phenoxy) is 1. The van der Waals surface area contributed by atoms with Crippen LogP contribution in [0.25, 0.3) is 16.5 Å². The molecule has 0 radical (unpaired) electrons. The second-order valence-electron chi connectivity index (χ2n) is 4.59. The summed E-state index contributed by atoms with van der Waals surface area (Å²) in [5, 5.41) is 18.3. The van der Waals surface area contributed by atoms with Gasteiger partial charge in [0.15, 0.2) is 0 Å². The van der Waals surface area contributed by atoms with Crippen molar-refractivity contribution in [3.8, 4) is 0 Å². The average Bonchev–Trinajstić information content (AvgIpc) is 3.00. The molecule has 1 aromatic carbocycles. The van der Waals surface area contributed by atoms with Crippen molar-refractivity contribution in [1.82, 2.24) is 15.5 Å². The van der Waals surface area contributed by atoms with Gasteiger partial charge in [-0.25, -0.2) is 9.89 Å². The van der Waals surface area contributed by atoms with Gasteiger partial charge >= 0.3 is 6.09 Å². The first kappa shape index (κ1) is 13.2. The van der Waals surface area contributed by atoms with Crippen molar-refractivity contribution in [2.24, 2.45) is 0 Å². The molecule has 108 valence electrons. The Balaban J connectivity index is 2.16. The van der Waals surface area contributed by atoms with Crippen molar-refractivity contribution in [3.63, 3.8) is 0 Å². The molecule has 1 aromatic heterocycles. The first-order chi connectivity index (χ1) is 10.2. The van der Waals surface area contributed by atoms with Gasteiger partial charge in [-0.3, -0.25) is 4.79 Å². The zero-order valence-electron chi connectivity index (χ0n) is 11.0. The van der Waals surface area contributed by atoms with Crippen molar-refractivity contribution in [2.45, 2.75) is 13.0 Å². The van der Waals surface area contributed by atoms with Crippen LogP contribution >= 0.6 is 0 Å². The fourth-order valence-electron chi connectivity index (χ4n) is 2.38. The molecule has 2 aromatic rings. The van der Waals surface area contributed by atoms with Crippen LogP contribution in [0.4, 0.5) is 4.79 Å². The van der Waals surface area contributed by atoms with Gasteiger partial charge in [0.1, 0.15) is 5.76 Å². The molecule has 7 nitrogen and oxygen atoms in total. The SMILES string of the molecule is O=C(O)NCc1n[nH]c(=O)c2c(C3=CCCO3)cccc12. The van der Waals surface area contributed by atoms with Gasteiger partial charge in [-0.05, 0) is 6.08 Å². The Hall–Kier alpha value is -2.83. The van der Waals surface area contributed by atoms with Gasteiger partial charge in [-0.2, -0.15) is 5.10 Å². The number of nitrogens with zero attached hydrogens (tertiary/aromatic N) is 1. The molecule has 0 spiro atoms. The molecule has 3 N–H and O–H groups in total. The largest absolute Gasteiger partial charge is 0.493 e. The van der Waals surface area contributed by atoms with Gasteiger partial charge in [-0.1, -0.05) is 18.2 Å². The number of nitrogens with one attached hydrogen (secondary N) is 2. The van der Waals surface area contributed by atoms with Crippen LogP contribution in [-0.4, -0.2) is 28.0 Å². The lowest BCUT2D eigenvalue weighted by Gasteiger charge is -2.10. The summed E-state index contributed by atoms with van der Waals surface area (Å²) in [6.45, 7) is 0.619. The summed E-state index contributed by atoms with van der Waals surface area (Å²) in [7, 11) is 0. The van der Waals surface area contributed by atoms with Crippen LogP contribution in [-0.2, 0) is 11.3 Å². The highest BCUT2D eigenvalue weighted by molar-refractivity contribution is 5.93. The molecular weight excluding hydrogens is 274 g/mol. The number of H-pyrrole nitrogens is 1. The van der Waals surface area contributed by atoms with Crippen LogP contribution in [0.5, 0.6) is 0 Å². The highest BCUT2D eigenvalue weighted by atomic mass is 16.5. The summed E-state index contributed by atoms with van der Waals surface area (Å²) >= 11 is 0. The van der Waals surface area contributed by atoms with E-state index < -0.39 is 6.09 Å². The monoisotopic (exact) mass is 287 g/mol. The van der Waals surface area contributed by atoms with Crippen LogP contribution in [0, 0.1) is 0 Å². The van der Waals surface area contributed by atoms with Crippen LogP contribution in [0.3, 0.4) is 0 Å². The standard InChI is InChI=1S/C14H13N3O4/c18-13-12-8(10(16-17-13)7-15-14(19)20)3-1-4-9(12)11-5-2-6-21-11/h1,3-5,15H,2,6-7H2,(H,17,18)(H,19,20). The van der Waals surface area contributed by atoms with Crippen LogP contribution in [0.1, 0.15) is 17.7 Å². The van der Waals surface area contributed by atoms with Crippen LogP contribution in [0.15, 0.2) is 29.1 Å². The molecule has 0 fully saturated rings. The van der Waals surface area contributed by atoms with E-state index in [-0.39, 0.29) is 12.1 Å². The maximum atomic E-state index is 12.1. The number of aromatic amines is 1. The molecular formula is C14H13N3O4. The maximum absolute atomic E-state index is 12.1. The normalized spacial score (nSPS) is 13.8. The number of hydrogen-bond acceptors (Lipinski definition) is 4. The summed E-state index contributed by atoms with van der Waals surface area (Å²) in [5.41, 5.74) is 0.841. The quantitative estimate of drug-likeness (QED) is 0.792. The zero-order valence-corrected chi connectivity index (χ0v) is 11.0. The van der Waals surface area contributed by atoms with Gasteiger partial charge in [0.2, 0.25) is 0 Å². The van der Waals surface area contributed by atoms with Gasteiger partial charge in [-0.15, -0.1) is 0 Å². The summed E-state index contributed by atoms with van der Waals surface area (Å²) < 4.78 is 5.52. The third kappa shape index (κ3) is 2.45. The minimum atomic E-state index is -1.14. The van der Waals surface area contributed by atoms with Crippen molar-refractivity contribution in [3.05, 3.63) is 45.9 Å². The average molecular weight is 287 g/mol. The number of rotatable bonds is 3. The van der Waals surface area contributed by atoms with E-state index in [0.29, 0.717) is 34.4 Å². The van der Waals surface area contributed by atoms with E-state index in [1.54, 1.807) is 12.1 Å². The number of hydrogen-bond donors (Lipinski definition) is 3. The second kappa shape index (κ2) is 5.28. The van der Waals surface area contributed by atoms with Crippen LogP contribution in [0.2, 0.25) is 0 Å². The number of benzene rings is 1. The smallest absolute Gasteiger partial charge is 0.404 e. The van der Waals surface area contributed by atoms with Crippen LogP contribution < -0.4 is 10.9 Å². The third-order valence-corrected chi connectivity index (χ3v) is 3.27. The van der Waals surface area contributed by atoms with Crippen molar-refractivity contribution in [1.29, 1.82) is 0 Å². The second-order valence-corrected chi connectivity index (χ2v) is 4.59. The molecule has 21 heavy (non-hydrogen) atoms. The Kier molecular flexibility index (Phi) is 3.31. The first-order valence-corrected chi connectivity index (χ1v) is 6.47. The molecule has 0 unspecified atom stereocenters. The number of aromatic nitrogens is 2. The molecule has 0 bridgehead atoms.